The first-order chi connectivity index (χ1) is 5.88. The maximum absolute atomic E-state index is 2.75. The summed E-state index contributed by atoms with van der Waals surface area (Å²) < 4.78 is 0. The average Bonchev–Trinajstić information content (AvgIpc) is 2.53. The third-order valence-corrected chi connectivity index (χ3v) is 3.68. The van der Waals surface area contributed by atoms with E-state index in [-0.39, 0.29) is 0 Å². The molecule has 0 bridgehead atoms. The van der Waals surface area contributed by atoms with Crippen LogP contribution >= 0.6 is 0 Å². The van der Waals surface area contributed by atoms with E-state index in [9.17, 15) is 0 Å². The Morgan fingerprint density at radius 3 is 2.25 bits per heavy atom. The number of nitrogens with zero attached hydrogens (tertiary/aromatic N) is 1. The first-order valence-corrected chi connectivity index (χ1v) is 5.62. The van der Waals surface area contributed by atoms with Gasteiger partial charge in [-0.15, -0.1) is 0 Å². The maximum Gasteiger partial charge on any atom is 0.0121 e. The van der Waals surface area contributed by atoms with E-state index in [1.165, 1.54) is 51.6 Å². The second-order valence-electron chi connectivity index (χ2n) is 4.57. The van der Waals surface area contributed by atoms with Crippen LogP contribution in [0.25, 0.3) is 0 Å². The van der Waals surface area contributed by atoms with Gasteiger partial charge in [-0.3, -0.25) is 0 Å². The van der Waals surface area contributed by atoms with Crippen LogP contribution in [0.2, 0.25) is 0 Å². The topological polar surface area (TPSA) is 3.24 Å². The van der Waals surface area contributed by atoms with Crippen molar-refractivity contribution in [1.82, 2.24) is 4.90 Å². The fourth-order valence-corrected chi connectivity index (χ4v) is 2.92. The molecule has 2 rings (SSSR count). The van der Waals surface area contributed by atoms with Crippen LogP contribution in [-0.2, 0) is 0 Å². The van der Waals surface area contributed by atoms with Gasteiger partial charge in [-0.25, -0.2) is 0 Å². The summed E-state index contributed by atoms with van der Waals surface area (Å²) in [7, 11) is 0. The Hall–Kier alpha value is -0.0400. The summed E-state index contributed by atoms with van der Waals surface area (Å²) in [5.74, 6) is 0.975. The predicted molar refractivity (Wildman–Crippen MR) is 52.2 cm³/mol. The van der Waals surface area contributed by atoms with Gasteiger partial charge in [0, 0.05) is 6.04 Å². The Kier molecular flexibility index (Phi) is 2.69. The van der Waals surface area contributed by atoms with Crippen LogP contribution in [0.3, 0.4) is 0 Å². The minimum atomic E-state index is 0.949. The maximum atomic E-state index is 2.75. The van der Waals surface area contributed by atoms with Crippen molar-refractivity contribution >= 4 is 0 Å². The molecule has 0 aromatic carbocycles. The van der Waals surface area contributed by atoms with Crippen LogP contribution in [-0.4, -0.2) is 24.0 Å². The van der Waals surface area contributed by atoms with Crippen molar-refractivity contribution < 1.29 is 0 Å². The Balaban J connectivity index is 1.89. The normalized spacial score (nSPS) is 38.8. The molecule has 1 saturated heterocycles. The number of hydrogen-bond acceptors (Lipinski definition) is 1. The van der Waals surface area contributed by atoms with Crippen molar-refractivity contribution in [3.8, 4) is 0 Å². The van der Waals surface area contributed by atoms with Crippen LogP contribution in [0.4, 0.5) is 0 Å². The molecule has 1 heterocycles. The molecule has 1 heteroatoms. The van der Waals surface area contributed by atoms with Gasteiger partial charge in [-0.1, -0.05) is 19.8 Å². The zero-order valence-electron chi connectivity index (χ0n) is 8.26. The molecule has 0 N–H and O–H groups in total. The van der Waals surface area contributed by atoms with E-state index in [0.29, 0.717) is 0 Å². The van der Waals surface area contributed by atoms with Crippen molar-refractivity contribution in [3.63, 3.8) is 0 Å². The zero-order chi connectivity index (χ0) is 8.39. The standard InChI is InChI=1S/C11H21N/c1-10-6-5-7-11(10)12-8-3-2-4-9-12/h10-11H,2-9H2,1H3. The molecule has 0 spiro atoms. The summed E-state index contributed by atoms with van der Waals surface area (Å²) in [5, 5.41) is 0. The van der Waals surface area contributed by atoms with Gasteiger partial charge < -0.3 is 4.90 Å². The molecule has 2 fully saturated rings. The highest BCUT2D eigenvalue weighted by molar-refractivity contribution is 4.84. The van der Waals surface area contributed by atoms with E-state index in [4.69, 9.17) is 0 Å². The quantitative estimate of drug-likeness (QED) is 0.580. The van der Waals surface area contributed by atoms with E-state index in [1.54, 1.807) is 0 Å². The largest absolute Gasteiger partial charge is 0.300 e. The van der Waals surface area contributed by atoms with Crippen molar-refractivity contribution in [1.29, 1.82) is 0 Å². The van der Waals surface area contributed by atoms with E-state index >= 15 is 0 Å². The van der Waals surface area contributed by atoms with Crippen molar-refractivity contribution in [3.05, 3.63) is 0 Å². The van der Waals surface area contributed by atoms with Gasteiger partial charge in [0.05, 0.1) is 0 Å². The molecule has 1 aliphatic heterocycles. The first kappa shape index (κ1) is 8.55. The van der Waals surface area contributed by atoms with Gasteiger partial charge in [0.1, 0.15) is 0 Å². The fraction of sp³-hybridized carbons (Fsp3) is 1.00. The monoisotopic (exact) mass is 167 g/mol. The zero-order valence-corrected chi connectivity index (χ0v) is 8.26. The number of hydrogen-bond donors (Lipinski definition) is 0. The van der Waals surface area contributed by atoms with Crippen LogP contribution in [0.1, 0.15) is 45.4 Å². The van der Waals surface area contributed by atoms with Gasteiger partial charge in [-0.05, 0) is 44.7 Å². The molecule has 0 amide bonds. The molecule has 70 valence electrons. The van der Waals surface area contributed by atoms with Crippen molar-refractivity contribution in [2.75, 3.05) is 13.1 Å². The van der Waals surface area contributed by atoms with E-state index < -0.39 is 0 Å². The highest BCUT2D eigenvalue weighted by Gasteiger charge is 2.29. The molecule has 2 unspecified atom stereocenters. The lowest BCUT2D eigenvalue weighted by atomic mass is 10.0. The lowest BCUT2D eigenvalue weighted by Crippen LogP contribution is -2.40. The summed E-state index contributed by atoms with van der Waals surface area (Å²) in [6.07, 6.45) is 8.79. The lowest BCUT2D eigenvalue weighted by molar-refractivity contribution is 0.138. The number of piperidine rings is 1. The SMILES string of the molecule is CC1CCCC1N1CCCCC1. The van der Waals surface area contributed by atoms with Crippen LogP contribution in [0, 0.1) is 5.92 Å². The molecule has 2 aliphatic rings. The fourth-order valence-electron chi connectivity index (χ4n) is 2.92. The number of likely N-dealkylation sites (tertiary alicyclic amines) is 1. The van der Waals surface area contributed by atoms with E-state index in [2.05, 4.69) is 11.8 Å². The molecule has 12 heavy (non-hydrogen) atoms. The van der Waals surface area contributed by atoms with Crippen LogP contribution in [0.5, 0.6) is 0 Å². The summed E-state index contributed by atoms with van der Waals surface area (Å²) in [6.45, 7) is 5.20. The minimum absolute atomic E-state index is 0.949. The summed E-state index contributed by atoms with van der Waals surface area (Å²) in [5.41, 5.74) is 0. The molecular formula is C11H21N. The molecule has 1 saturated carbocycles. The number of rotatable bonds is 1. The Labute approximate surface area is 76.1 Å². The molecule has 2 atom stereocenters. The molecule has 1 aliphatic carbocycles. The molecule has 0 aromatic heterocycles. The summed E-state index contributed by atoms with van der Waals surface area (Å²) in [4.78, 5) is 2.75. The van der Waals surface area contributed by atoms with Gasteiger partial charge in [0.15, 0.2) is 0 Å². The summed E-state index contributed by atoms with van der Waals surface area (Å²) in [6, 6.07) is 0.949. The third kappa shape index (κ3) is 1.66. The summed E-state index contributed by atoms with van der Waals surface area (Å²) >= 11 is 0. The molecule has 0 aromatic rings. The van der Waals surface area contributed by atoms with Gasteiger partial charge in [-0.2, -0.15) is 0 Å². The Bertz CT molecular complexity index is 138. The van der Waals surface area contributed by atoms with Gasteiger partial charge in [0.25, 0.3) is 0 Å². The second kappa shape index (κ2) is 3.78. The van der Waals surface area contributed by atoms with Crippen LogP contribution < -0.4 is 0 Å². The minimum Gasteiger partial charge on any atom is -0.300 e. The second-order valence-corrected chi connectivity index (χ2v) is 4.57. The van der Waals surface area contributed by atoms with Gasteiger partial charge >= 0.3 is 0 Å². The van der Waals surface area contributed by atoms with Crippen molar-refractivity contribution in [2.24, 2.45) is 5.92 Å². The smallest absolute Gasteiger partial charge is 0.0121 e. The third-order valence-electron chi connectivity index (χ3n) is 3.68. The Morgan fingerprint density at radius 1 is 0.917 bits per heavy atom. The highest BCUT2D eigenvalue weighted by atomic mass is 15.2. The van der Waals surface area contributed by atoms with Crippen LogP contribution in [0.15, 0.2) is 0 Å². The van der Waals surface area contributed by atoms with E-state index in [0.717, 1.165) is 12.0 Å². The van der Waals surface area contributed by atoms with E-state index in [1.807, 2.05) is 0 Å². The Morgan fingerprint density at radius 2 is 1.67 bits per heavy atom. The lowest BCUT2D eigenvalue weighted by Gasteiger charge is -2.34. The van der Waals surface area contributed by atoms with Gasteiger partial charge in [0.2, 0.25) is 0 Å². The molecule has 0 radical (unpaired) electrons. The highest BCUT2D eigenvalue weighted by Crippen LogP contribution is 2.30. The molecular weight excluding hydrogens is 146 g/mol. The van der Waals surface area contributed by atoms with Crippen molar-refractivity contribution in [2.45, 2.75) is 51.5 Å². The predicted octanol–water partition coefficient (Wildman–Crippen LogP) is 2.66. The first-order valence-electron chi connectivity index (χ1n) is 5.62. The molecule has 1 nitrogen and oxygen atoms in total. The average molecular weight is 167 g/mol.